The van der Waals surface area contributed by atoms with Crippen LogP contribution in [0.25, 0.3) is 11.4 Å². The molecule has 2 rings (SSSR count). The van der Waals surface area contributed by atoms with Gasteiger partial charge in [-0.25, -0.2) is 4.98 Å². The molecule has 0 aliphatic heterocycles. The summed E-state index contributed by atoms with van der Waals surface area (Å²) in [6.45, 7) is 5.73. The zero-order chi connectivity index (χ0) is 11.4. The normalized spacial score (nSPS) is 10.3. The van der Waals surface area contributed by atoms with E-state index in [0.717, 1.165) is 22.3 Å². The molecule has 0 fully saturated rings. The molecule has 0 amide bonds. The lowest BCUT2D eigenvalue weighted by atomic mass is 10.1. The summed E-state index contributed by atoms with van der Waals surface area (Å²) in [5, 5.41) is 7.83. The highest BCUT2D eigenvalue weighted by Gasteiger charge is 2.04. The standard InChI is InChI=1S/C12H13N3S/c1-3-8-16-12-13-11(14-15-12)10-6-4-9(2)5-7-10/h3-7H,1,8H2,2H3,(H,13,14,15). The number of thioether (sulfide) groups is 1. The summed E-state index contributed by atoms with van der Waals surface area (Å²) < 4.78 is 0. The van der Waals surface area contributed by atoms with Crippen molar-refractivity contribution in [2.45, 2.75) is 12.1 Å². The van der Waals surface area contributed by atoms with Crippen LogP contribution >= 0.6 is 11.8 Å². The Hall–Kier alpha value is -1.55. The SMILES string of the molecule is C=CCSc1n[nH]c(-c2ccc(C)cc2)n1. The molecule has 16 heavy (non-hydrogen) atoms. The van der Waals surface area contributed by atoms with Gasteiger partial charge >= 0.3 is 0 Å². The second-order valence-corrected chi connectivity index (χ2v) is 4.42. The van der Waals surface area contributed by atoms with Crippen molar-refractivity contribution in [2.75, 3.05) is 5.75 Å². The van der Waals surface area contributed by atoms with Crippen molar-refractivity contribution in [3.05, 3.63) is 42.5 Å². The van der Waals surface area contributed by atoms with Crippen LogP contribution in [-0.2, 0) is 0 Å². The first kappa shape index (κ1) is 11.0. The molecule has 0 saturated heterocycles. The van der Waals surface area contributed by atoms with Crippen LogP contribution in [-0.4, -0.2) is 20.9 Å². The first-order valence-electron chi connectivity index (χ1n) is 5.03. The van der Waals surface area contributed by atoms with Gasteiger partial charge < -0.3 is 0 Å². The molecule has 1 N–H and O–H groups in total. The third-order valence-corrected chi connectivity index (χ3v) is 2.96. The second-order valence-electron chi connectivity index (χ2n) is 3.43. The van der Waals surface area contributed by atoms with Gasteiger partial charge in [0, 0.05) is 11.3 Å². The predicted molar refractivity (Wildman–Crippen MR) is 67.5 cm³/mol. The lowest BCUT2D eigenvalue weighted by Crippen LogP contribution is -1.81. The van der Waals surface area contributed by atoms with Gasteiger partial charge in [-0.1, -0.05) is 47.7 Å². The number of nitrogens with zero attached hydrogens (tertiary/aromatic N) is 2. The van der Waals surface area contributed by atoms with Gasteiger partial charge in [-0.05, 0) is 6.92 Å². The number of benzene rings is 1. The molecule has 0 atom stereocenters. The summed E-state index contributed by atoms with van der Waals surface area (Å²) in [5.74, 6) is 1.64. The van der Waals surface area contributed by atoms with Gasteiger partial charge in [-0.15, -0.1) is 11.7 Å². The van der Waals surface area contributed by atoms with Gasteiger partial charge in [0.05, 0.1) is 0 Å². The number of hydrogen-bond acceptors (Lipinski definition) is 3. The van der Waals surface area contributed by atoms with E-state index in [2.05, 4.69) is 40.8 Å². The quantitative estimate of drug-likeness (QED) is 0.649. The molecule has 0 bridgehead atoms. The summed E-state index contributed by atoms with van der Waals surface area (Å²) >= 11 is 1.57. The minimum absolute atomic E-state index is 0.760. The van der Waals surface area contributed by atoms with E-state index in [-0.39, 0.29) is 0 Å². The van der Waals surface area contributed by atoms with E-state index >= 15 is 0 Å². The molecular formula is C12H13N3S. The summed E-state index contributed by atoms with van der Waals surface area (Å²) in [7, 11) is 0. The Morgan fingerprint density at radius 3 is 2.81 bits per heavy atom. The van der Waals surface area contributed by atoms with E-state index in [0.29, 0.717) is 0 Å². The van der Waals surface area contributed by atoms with E-state index in [9.17, 15) is 0 Å². The Morgan fingerprint density at radius 1 is 1.38 bits per heavy atom. The van der Waals surface area contributed by atoms with Crippen molar-refractivity contribution in [3.8, 4) is 11.4 Å². The Morgan fingerprint density at radius 2 is 2.12 bits per heavy atom. The predicted octanol–water partition coefficient (Wildman–Crippen LogP) is 3.06. The number of aromatic nitrogens is 3. The minimum atomic E-state index is 0.760. The number of rotatable bonds is 4. The zero-order valence-electron chi connectivity index (χ0n) is 9.10. The smallest absolute Gasteiger partial charge is 0.209 e. The molecular weight excluding hydrogens is 218 g/mol. The van der Waals surface area contributed by atoms with Crippen molar-refractivity contribution in [1.29, 1.82) is 0 Å². The monoisotopic (exact) mass is 231 g/mol. The Bertz CT molecular complexity index is 473. The summed E-state index contributed by atoms with van der Waals surface area (Å²) in [6, 6.07) is 8.21. The van der Waals surface area contributed by atoms with Crippen LogP contribution in [0.1, 0.15) is 5.56 Å². The van der Waals surface area contributed by atoms with Gasteiger partial charge in [0.2, 0.25) is 5.16 Å². The van der Waals surface area contributed by atoms with Crippen LogP contribution in [0.15, 0.2) is 42.1 Å². The molecule has 3 nitrogen and oxygen atoms in total. The third-order valence-electron chi connectivity index (χ3n) is 2.12. The van der Waals surface area contributed by atoms with Crippen LogP contribution in [0, 0.1) is 6.92 Å². The molecule has 1 heterocycles. The number of aryl methyl sites for hydroxylation is 1. The van der Waals surface area contributed by atoms with Gasteiger partial charge in [-0.3, -0.25) is 5.10 Å². The Balaban J connectivity index is 2.17. The van der Waals surface area contributed by atoms with E-state index in [1.54, 1.807) is 11.8 Å². The molecule has 0 aliphatic rings. The number of H-pyrrole nitrogens is 1. The van der Waals surface area contributed by atoms with Crippen LogP contribution < -0.4 is 0 Å². The third kappa shape index (κ3) is 2.52. The summed E-state index contributed by atoms with van der Waals surface area (Å²) in [5.41, 5.74) is 2.30. The molecule has 0 saturated carbocycles. The van der Waals surface area contributed by atoms with Crippen molar-refractivity contribution < 1.29 is 0 Å². The van der Waals surface area contributed by atoms with Crippen molar-refractivity contribution in [1.82, 2.24) is 15.2 Å². The van der Waals surface area contributed by atoms with Crippen molar-refractivity contribution >= 4 is 11.8 Å². The van der Waals surface area contributed by atoms with Crippen molar-refractivity contribution in [3.63, 3.8) is 0 Å². The molecule has 1 aromatic carbocycles. The molecule has 2 aromatic rings. The van der Waals surface area contributed by atoms with E-state index in [1.807, 2.05) is 18.2 Å². The fourth-order valence-electron chi connectivity index (χ4n) is 1.28. The molecule has 1 aromatic heterocycles. The fourth-order valence-corrected chi connectivity index (χ4v) is 1.82. The highest BCUT2D eigenvalue weighted by Crippen LogP contribution is 2.19. The van der Waals surface area contributed by atoms with Gasteiger partial charge in [0.1, 0.15) is 0 Å². The highest BCUT2D eigenvalue weighted by molar-refractivity contribution is 7.99. The number of aromatic amines is 1. The molecule has 0 unspecified atom stereocenters. The van der Waals surface area contributed by atoms with E-state index in [4.69, 9.17) is 0 Å². The lowest BCUT2D eigenvalue weighted by Gasteiger charge is -1.95. The molecule has 4 heteroatoms. The highest BCUT2D eigenvalue weighted by atomic mass is 32.2. The maximum absolute atomic E-state index is 4.40. The summed E-state index contributed by atoms with van der Waals surface area (Å²) in [6.07, 6.45) is 1.84. The molecule has 0 aliphatic carbocycles. The zero-order valence-corrected chi connectivity index (χ0v) is 9.92. The Kier molecular flexibility index (Phi) is 3.41. The Labute approximate surface area is 99.0 Å². The topological polar surface area (TPSA) is 41.6 Å². The first-order chi connectivity index (χ1) is 7.79. The maximum atomic E-state index is 4.40. The summed E-state index contributed by atoms with van der Waals surface area (Å²) in [4.78, 5) is 4.40. The van der Waals surface area contributed by atoms with Gasteiger partial charge in [0.15, 0.2) is 5.82 Å². The van der Waals surface area contributed by atoms with E-state index in [1.165, 1.54) is 5.56 Å². The van der Waals surface area contributed by atoms with Crippen LogP contribution in [0.3, 0.4) is 0 Å². The van der Waals surface area contributed by atoms with Gasteiger partial charge in [0.25, 0.3) is 0 Å². The first-order valence-corrected chi connectivity index (χ1v) is 6.01. The van der Waals surface area contributed by atoms with Crippen LogP contribution in [0.4, 0.5) is 0 Å². The van der Waals surface area contributed by atoms with Crippen LogP contribution in [0.2, 0.25) is 0 Å². The average molecular weight is 231 g/mol. The van der Waals surface area contributed by atoms with E-state index < -0.39 is 0 Å². The van der Waals surface area contributed by atoms with Crippen molar-refractivity contribution in [2.24, 2.45) is 0 Å². The fraction of sp³-hybridized carbons (Fsp3) is 0.167. The second kappa shape index (κ2) is 4.99. The molecule has 0 spiro atoms. The van der Waals surface area contributed by atoms with Crippen LogP contribution in [0.5, 0.6) is 0 Å². The minimum Gasteiger partial charge on any atom is -0.258 e. The number of hydrogen-bond donors (Lipinski definition) is 1. The number of nitrogens with one attached hydrogen (secondary N) is 1. The largest absolute Gasteiger partial charge is 0.258 e. The average Bonchev–Trinajstić information content (AvgIpc) is 2.76. The lowest BCUT2D eigenvalue weighted by molar-refractivity contribution is 0.975. The molecule has 0 radical (unpaired) electrons. The maximum Gasteiger partial charge on any atom is 0.209 e. The molecule has 82 valence electrons. The van der Waals surface area contributed by atoms with Gasteiger partial charge in [-0.2, -0.15) is 0 Å².